The number of halogens is 1. The lowest BCUT2D eigenvalue weighted by molar-refractivity contribution is 0.0941. The number of rotatable bonds is 8. The molecule has 33 heavy (non-hydrogen) atoms. The van der Waals surface area contributed by atoms with Crippen LogP contribution in [-0.2, 0) is 10.0 Å². The van der Waals surface area contributed by atoms with Crippen LogP contribution < -0.4 is 10.1 Å². The van der Waals surface area contributed by atoms with Crippen LogP contribution in [0.5, 0.6) is 5.75 Å². The van der Waals surface area contributed by atoms with Crippen LogP contribution >= 0.6 is 11.6 Å². The topological polar surface area (TPSA) is 79.0 Å². The molecule has 1 N–H and O–H groups in total. The number of nitrogens with one attached hydrogen (secondary N) is 1. The summed E-state index contributed by atoms with van der Waals surface area (Å²) < 4.78 is 33.6. The molecule has 0 spiro atoms. The highest BCUT2D eigenvalue weighted by Crippen LogP contribution is 2.30. The molecule has 0 aliphatic carbocycles. The van der Waals surface area contributed by atoms with Gasteiger partial charge in [-0.25, -0.2) is 8.42 Å². The minimum Gasteiger partial charge on any atom is -0.495 e. The van der Waals surface area contributed by atoms with Gasteiger partial charge in [-0.3, -0.25) is 4.79 Å². The predicted molar refractivity (Wildman–Crippen MR) is 130 cm³/mol. The van der Waals surface area contributed by atoms with E-state index in [4.69, 9.17) is 16.3 Å². The van der Waals surface area contributed by atoms with Crippen LogP contribution in [0.25, 0.3) is 0 Å². The van der Waals surface area contributed by atoms with Crippen LogP contribution in [-0.4, -0.2) is 64.4 Å². The van der Waals surface area contributed by atoms with Crippen LogP contribution in [0.4, 0.5) is 0 Å². The molecule has 0 aromatic heterocycles. The number of ether oxygens (including phenoxy) is 1. The first-order valence-corrected chi connectivity index (χ1v) is 12.9. The Hall–Kier alpha value is -2.13. The summed E-state index contributed by atoms with van der Waals surface area (Å²) in [5.41, 5.74) is 1.17. The molecule has 1 amide bonds. The zero-order valence-electron chi connectivity index (χ0n) is 19.4. The van der Waals surface area contributed by atoms with Crippen molar-refractivity contribution in [3.63, 3.8) is 0 Å². The molecule has 7 nitrogen and oxygen atoms in total. The summed E-state index contributed by atoms with van der Waals surface area (Å²) in [7, 11) is 1.49. The van der Waals surface area contributed by atoms with Crippen molar-refractivity contribution in [1.29, 1.82) is 0 Å². The molecular weight excluding hydrogens is 462 g/mol. The second-order valence-electron chi connectivity index (χ2n) is 8.39. The van der Waals surface area contributed by atoms with Gasteiger partial charge in [0.2, 0.25) is 10.0 Å². The molecule has 2 aromatic rings. The molecule has 2 aromatic carbocycles. The average molecular weight is 494 g/mol. The first kappa shape index (κ1) is 25.5. The number of carbonyl (C=O) groups is 1. The molecule has 1 saturated heterocycles. The van der Waals surface area contributed by atoms with E-state index in [1.165, 1.54) is 23.5 Å². The minimum atomic E-state index is -3.77. The Bertz CT molecular complexity index is 1070. The predicted octanol–water partition coefficient (Wildman–Crippen LogP) is 3.95. The Kier molecular flexibility index (Phi) is 8.75. The zero-order valence-corrected chi connectivity index (χ0v) is 21.0. The van der Waals surface area contributed by atoms with Crippen molar-refractivity contribution in [3.05, 3.63) is 58.6 Å². The summed E-state index contributed by atoms with van der Waals surface area (Å²) in [4.78, 5) is 15.0. The van der Waals surface area contributed by atoms with Gasteiger partial charge in [-0.1, -0.05) is 42.6 Å². The van der Waals surface area contributed by atoms with Gasteiger partial charge in [0.15, 0.2) is 0 Å². The van der Waals surface area contributed by atoms with Crippen molar-refractivity contribution < 1.29 is 17.9 Å². The van der Waals surface area contributed by atoms with E-state index in [1.807, 2.05) is 43.3 Å². The highest BCUT2D eigenvalue weighted by molar-refractivity contribution is 7.89. The number of methoxy groups -OCH3 is 1. The number of carbonyl (C=O) groups excluding carboxylic acids is 1. The Balaban J connectivity index is 1.83. The molecule has 0 saturated carbocycles. The minimum absolute atomic E-state index is 0.0230. The summed E-state index contributed by atoms with van der Waals surface area (Å²) in [5.74, 6) is -0.123. The van der Waals surface area contributed by atoms with Crippen molar-refractivity contribution >= 4 is 27.5 Å². The summed E-state index contributed by atoms with van der Waals surface area (Å²) in [6, 6.07) is 11.9. The van der Waals surface area contributed by atoms with E-state index in [0.29, 0.717) is 24.7 Å². The standard InChI is InChI=1S/C24H32ClN3O4S/c1-27(2)21(19-10-6-7-11-20(19)25)17-26-24(29)18-12-13-22(32-3)23(16-18)33(30,31)28-14-8-4-5-9-15-28/h6-7,10-13,16,21H,4-5,8-9,14-15,17H2,1-3H3,(H,26,29). The zero-order chi connectivity index (χ0) is 24.0. The maximum atomic E-state index is 13.4. The lowest BCUT2D eigenvalue weighted by Crippen LogP contribution is -2.35. The molecule has 0 radical (unpaired) electrons. The molecule has 1 heterocycles. The fraction of sp³-hybridized carbons (Fsp3) is 0.458. The molecule has 3 rings (SSSR count). The first-order chi connectivity index (χ1) is 15.8. The second kappa shape index (κ2) is 11.3. The van der Waals surface area contributed by atoms with Crippen molar-refractivity contribution in [2.45, 2.75) is 36.6 Å². The van der Waals surface area contributed by atoms with Gasteiger partial charge < -0.3 is 15.0 Å². The number of hydrogen-bond acceptors (Lipinski definition) is 5. The summed E-state index contributed by atoms with van der Waals surface area (Å²) in [6.07, 6.45) is 3.69. The molecule has 180 valence electrons. The normalized spacial score (nSPS) is 16.3. The molecule has 1 fully saturated rings. The fourth-order valence-corrected chi connectivity index (χ4v) is 6.01. The van der Waals surface area contributed by atoms with Crippen LogP contribution in [0, 0.1) is 0 Å². The Morgan fingerprint density at radius 1 is 1.12 bits per heavy atom. The molecule has 1 atom stereocenters. The molecule has 1 aliphatic heterocycles. The average Bonchev–Trinajstić information content (AvgIpc) is 3.10. The van der Waals surface area contributed by atoms with Gasteiger partial charge in [0, 0.05) is 30.2 Å². The van der Waals surface area contributed by atoms with Gasteiger partial charge >= 0.3 is 0 Å². The lowest BCUT2D eigenvalue weighted by atomic mass is 10.1. The Morgan fingerprint density at radius 2 is 1.79 bits per heavy atom. The molecule has 1 unspecified atom stereocenters. The van der Waals surface area contributed by atoms with E-state index in [9.17, 15) is 13.2 Å². The first-order valence-electron chi connectivity index (χ1n) is 11.1. The van der Waals surface area contributed by atoms with Crippen LogP contribution in [0.2, 0.25) is 5.02 Å². The van der Waals surface area contributed by atoms with Crippen molar-refractivity contribution in [1.82, 2.24) is 14.5 Å². The van der Waals surface area contributed by atoms with E-state index >= 15 is 0 Å². The van der Waals surface area contributed by atoms with E-state index in [0.717, 1.165) is 31.2 Å². The smallest absolute Gasteiger partial charge is 0.251 e. The maximum absolute atomic E-state index is 13.4. The van der Waals surface area contributed by atoms with Gasteiger partial charge in [-0.05, 0) is 56.8 Å². The summed E-state index contributed by atoms with van der Waals surface area (Å²) >= 11 is 6.36. The highest BCUT2D eigenvalue weighted by atomic mass is 35.5. The van der Waals surface area contributed by atoms with Gasteiger partial charge in [0.1, 0.15) is 10.6 Å². The lowest BCUT2D eigenvalue weighted by Gasteiger charge is -2.26. The number of nitrogens with zero attached hydrogens (tertiary/aromatic N) is 2. The van der Waals surface area contributed by atoms with E-state index in [-0.39, 0.29) is 28.2 Å². The molecule has 9 heteroatoms. The number of amides is 1. The third-order valence-electron chi connectivity index (χ3n) is 5.95. The van der Waals surface area contributed by atoms with Crippen LogP contribution in [0.15, 0.2) is 47.4 Å². The van der Waals surface area contributed by atoms with Crippen molar-refractivity contribution in [2.75, 3.05) is 40.8 Å². The quantitative estimate of drug-likeness (QED) is 0.602. The molecular formula is C24H32ClN3O4S. The van der Waals surface area contributed by atoms with Crippen LogP contribution in [0.3, 0.4) is 0 Å². The third kappa shape index (κ3) is 6.06. The Morgan fingerprint density at radius 3 is 2.39 bits per heavy atom. The van der Waals surface area contributed by atoms with Gasteiger partial charge in [0.05, 0.1) is 13.2 Å². The summed E-state index contributed by atoms with van der Waals surface area (Å²) in [5, 5.41) is 3.55. The largest absolute Gasteiger partial charge is 0.495 e. The number of likely N-dealkylation sites (N-methyl/N-ethyl adjacent to an activating group) is 1. The summed E-state index contributed by atoms with van der Waals surface area (Å²) in [6.45, 7) is 1.27. The van der Waals surface area contributed by atoms with Gasteiger partial charge in [-0.15, -0.1) is 0 Å². The molecule has 1 aliphatic rings. The van der Waals surface area contributed by atoms with E-state index in [2.05, 4.69) is 5.32 Å². The van der Waals surface area contributed by atoms with E-state index < -0.39 is 10.0 Å². The van der Waals surface area contributed by atoms with Crippen molar-refractivity contribution in [2.24, 2.45) is 0 Å². The monoisotopic (exact) mass is 493 g/mol. The Labute approximate surface area is 201 Å². The van der Waals surface area contributed by atoms with E-state index in [1.54, 1.807) is 6.07 Å². The van der Waals surface area contributed by atoms with Gasteiger partial charge in [0.25, 0.3) is 5.91 Å². The highest BCUT2D eigenvalue weighted by Gasteiger charge is 2.29. The SMILES string of the molecule is COc1ccc(C(=O)NCC(c2ccccc2Cl)N(C)C)cc1S(=O)(=O)N1CCCCCC1. The van der Waals surface area contributed by atoms with Gasteiger partial charge in [-0.2, -0.15) is 4.31 Å². The number of hydrogen-bond donors (Lipinski definition) is 1. The number of sulfonamides is 1. The third-order valence-corrected chi connectivity index (χ3v) is 8.22. The van der Waals surface area contributed by atoms with Crippen LogP contribution in [0.1, 0.15) is 47.6 Å². The fourth-order valence-electron chi connectivity index (χ4n) is 4.05. The second-order valence-corrected chi connectivity index (χ2v) is 10.7. The molecule has 0 bridgehead atoms. The van der Waals surface area contributed by atoms with Crippen molar-refractivity contribution in [3.8, 4) is 5.75 Å². The number of benzene rings is 2. The maximum Gasteiger partial charge on any atom is 0.251 e.